The lowest BCUT2D eigenvalue weighted by molar-refractivity contribution is -0.131. The van der Waals surface area contributed by atoms with Crippen LogP contribution >= 0.6 is 27.5 Å². The maximum absolute atomic E-state index is 12.5. The molecule has 1 amide bonds. The van der Waals surface area contributed by atoms with E-state index in [1.165, 1.54) is 0 Å². The van der Waals surface area contributed by atoms with Gasteiger partial charge in [0, 0.05) is 24.5 Å². The maximum Gasteiger partial charge on any atom is 0.227 e. The summed E-state index contributed by atoms with van der Waals surface area (Å²) in [6.07, 6.45) is 1.18. The number of halogens is 2. The molecule has 0 bridgehead atoms. The summed E-state index contributed by atoms with van der Waals surface area (Å²) in [4.78, 5) is 18.7. The van der Waals surface area contributed by atoms with E-state index in [0.717, 1.165) is 27.8 Å². The summed E-state index contributed by atoms with van der Waals surface area (Å²) in [6, 6.07) is 7.86. The fraction of sp³-hybridized carbons (Fsp3) is 0.333. The molecular formula is C15H15BrClN3O. The molecule has 1 aromatic heterocycles. The van der Waals surface area contributed by atoms with Crippen molar-refractivity contribution in [2.45, 2.75) is 19.4 Å². The molecule has 0 saturated carbocycles. The summed E-state index contributed by atoms with van der Waals surface area (Å²) in [5, 5.41) is 0.487. The lowest BCUT2D eigenvalue weighted by atomic mass is 10.1. The van der Waals surface area contributed by atoms with Crippen molar-refractivity contribution in [3.8, 4) is 0 Å². The third-order valence-corrected chi connectivity index (χ3v) is 4.63. The largest absolute Gasteiger partial charge is 0.336 e. The Bertz CT molecular complexity index is 698. The zero-order valence-electron chi connectivity index (χ0n) is 11.6. The quantitative estimate of drug-likeness (QED) is 0.817. The number of hydrogen-bond donors (Lipinski definition) is 0. The van der Waals surface area contributed by atoms with Crippen LogP contribution in [0.2, 0.25) is 5.28 Å². The number of carbonyl (C=O) groups is 1. The van der Waals surface area contributed by atoms with E-state index in [-0.39, 0.29) is 5.91 Å². The van der Waals surface area contributed by atoms with Gasteiger partial charge >= 0.3 is 0 Å². The van der Waals surface area contributed by atoms with Crippen LogP contribution in [0.15, 0.2) is 28.7 Å². The summed E-state index contributed by atoms with van der Waals surface area (Å²) >= 11 is 9.47. The predicted molar refractivity (Wildman–Crippen MR) is 85.2 cm³/mol. The predicted octanol–water partition coefficient (Wildman–Crippen LogP) is 2.96. The number of aromatic nitrogens is 2. The lowest BCUT2D eigenvalue weighted by Gasteiger charge is -2.27. The summed E-state index contributed by atoms with van der Waals surface area (Å²) in [5.74, 6) is 0.135. The fourth-order valence-corrected chi connectivity index (χ4v) is 3.25. The third-order valence-electron chi connectivity index (χ3n) is 3.80. The number of carbonyl (C=O) groups excluding carboxylic acids is 1. The van der Waals surface area contributed by atoms with Crippen LogP contribution in [-0.2, 0) is 31.2 Å². The molecule has 0 aliphatic carbocycles. The number of hydrogen-bond acceptors (Lipinski definition) is 2. The Kier molecular flexibility index (Phi) is 4.04. The van der Waals surface area contributed by atoms with Gasteiger partial charge in [-0.25, -0.2) is 4.98 Å². The zero-order valence-corrected chi connectivity index (χ0v) is 14.0. The van der Waals surface area contributed by atoms with E-state index < -0.39 is 0 Å². The van der Waals surface area contributed by atoms with E-state index >= 15 is 0 Å². The second-order valence-electron chi connectivity index (χ2n) is 5.21. The molecule has 0 unspecified atom stereocenters. The summed E-state index contributed by atoms with van der Waals surface area (Å²) in [5.41, 5.74) is 3.06. The van der Waals surface area contributed by atoms with Gasteiger partial charge in [-0.3, -0.25) is 4.79 Å². The van der Waals surface area contributed by atoms with Crippen molar-refractivity contribution in [3.63, 3.8) is 0 Å². The Morgan fingerprint density at radius 1 is 1.48 bits per heavy atom. The third kappa shape index (κ3) is 2.99. The van der Waals surface area contributed by atoms with Crippen molar-refractivity contribution in [1.29, 1.82) is 0 Å². The van der Waals surface area contributed by atoms with Crippen molar-refractivity contribution in [1.82, 2.24) is 14.5 Å². The standard InChI is InChI=1S/C15H15BrClN3O/c1-19-13-9-20(6-5-12(13)18-15(19)17)14(21)8-10-3-2-4-11(16)7-10/h2-4,7H,5-6,8-9H2,1H3. The van der Waals surface area contributed by atoms with Crippen molar-refractivity contribution in [2.75, 3.05) is 6.54 Å². The molecule has 2 heterocycles. The molecule has 0 fully saturated rings. The molecule has 110 valence electrons. The van der Waals surface area contributed by atoms with Gasteiger partial charge in [-0.15, -0.1) is 0 Å². The molecule has 0 radical (unpaired) electrons. The SMILES string of the molecule is Cn1c(Cl)nc2c1CN(C(=O)Cc1cccc(Br)c1)CC2. The summed E-state index contributed by atoms with van der Waals surface area (Å²) in [6.45, 7) is 1.28. The van der Waals surface area contributed by atoms with E-state index in [2.05, 4.69) is 20.9 Å². The van der Waals surface area contributed by atoms with Gasteiger partial charge in [0.15, 0.2) is 0 Å². The minimum absolute atomic E-state index is 0.135. The average molecular weight is 369 g/mol. The van der Waals surface area contributed by atoms with Gasteiger partial charge in [-0.1, -0.05) is 28.1 Å². The molecule has 0 saturated heterocycles. The van der Waals surface area contributed by atoms with Crippen LogP contribution in [0, 0.1) is 0 Å². The lowest BCUT2D eigenvalue weighted by Crippen LogP contribution is -2.37. The molecule has 6 heteroatoms. The van der Waals surface area contributed by atoms with Crippen molar-refractivity contribution in [3.05, 3.63) is 51.0 Å². The van der Waals surface area contributed by atoms with Crippen LogP contribution in [0.1, 0.15) is 17.0 Å². The topological polar surface area (TPSA) is 38.1 Å². The van der Waals surface area contributed by atoms with Crippen LogP contribution in [0.4, 0.5) is 0 Å². The highest BCUT2D eigenvalue weighted by molar-refractivity contribution is 9.10. The molecular weight excluding hydrogens is 354 g/mol. The summed E-state index contributed by atoms with van der Waals surface area (Å²) in [7, 11) is 1.89. The van der Waals surface area contributed by atoms with E-state index in [9.17, 15) is 4.79 Å². The van der Waals surface area contributed by atoms with Crippen molar-refractivity contribution >= 4 is 33.4 Å². The number of imidazole rings is 1. The van der Waals surface area contributed by atoms with Gasteiger partial charge in [0.1, 0.15) is 0 Å². The van der Waals surface area contributed by atoms with Crippen LogP contribution in [-0.4, -0.2) is 26.9 Å². The minimum atomic E-state index is 0.135. The Balaban J connectivity index is 1.73. The number of fused-ring (bicyclic) bond motifs is 1. The Morgan fingerprint density at radius 3 is 3.05 bits per heavy atom. The molecule has 1 aromatic carbocycles. The van der Waals surface area contributed by atoms with E-state index in [1.54, 1.807) is 0 Å². The van der Waals surface area contributed by atoms with Gasteiger partial charge in [0.25, 0.3) is 0 Å². The van der Waals surface area contributed by atoms with E-state index in [0.29, 0.717) is 24.8 Å². The number of benzene rings is 1. The molecule has 3 rings (SSSR count). The van der Waals surface area contributed by atoms with Crippen molar-refractivity contribution < 1.29 is 4.79 Å². The maximum atomic E-state index is 12.5. The second-order valence-corrected chi connectivity index (χ2v) is 6.46. The van der Waals surface area contributed by atoms with Gasteiger partial charge in [0.05, 0.1) is 24.4 Å². The second kappa shape index (κ2) is 5.81. The van der Waals surface area contributed by atoms with Gasteiger partial charge in [-0.2, -0.15) is 0 Å². The first-order valence-electron chi connectivity index (χ1n) is 6.77. The van der Waals surface area contributed by atoms with E-state index in [4.69, 9.17) is 11.6 Å². The average Bonchev–Trinajstić information content (AvgIpc) is 2.74. The molecule has 21 heavy (non-hydrogen) atoms. The molecule has 1 aliphatic heterocycles. The van der Waals surface area contributed by atoms with Crippen molar-refractivity contribution in [2.24, 2.45) is 7.05 Å². The molecule has 2 aromatic rings. The van der Waals surface area contributed by atoms with E-state index in [1.807, 2.05) is 40.8 Å². The van der Waals surface area contributed by atoms with Crippen LogP contribution in [0.5, 0.6) is 0 Å². The normalized spacial score (nSPS) is 14.1. The highest BCUT2D eigenvalue weighted by Gasteiger charge is 2.25. The fourth-order valence-electron chi connectivity index (χ4n) is 2.60. The monoisotopic (exact) mass is 367 g/mol. The smallest absolute Gasteiger partial charge is 0.227 e. The first-order valence-corrected chi connectivity index (χ1v) is 7.94. The number of nitrogens with zero attached hydrogens (tertiary/aromatic N) is 3. The highest BCUT2D eigenvalue weighted by atomic mass is 79.9. The zero-order chi connectivity index (χ0) is 15.0. The molecule has 1 aliphatic rings. The first-order chi connectivity index (χ1) is 10.0. The molecule has 0 N–H and O–H groups in total. The number of amides is 1. The van der Waals surface area contributed by atoms with Crippen LogP contribution in [0.25, 0.3) is 0 Å². The van der Waals surface area contributed by atoms with Gasteiger partial charge in [-0.05, 0) is 29.3 Å². The molecule has 4 nitrogen and oxygen atoms in total. The Hall–Kier alpha value is -1.33. The van der Waals surface area contributed by atoms with Crippen LogP contribution < -0.4 is 0 Å². The Morgan fingerprint density at radius 2 is 2.29 bits per heavy atom. The van der Waals surface area contributed by atoms with Gasteiger partial charge < -0.3 is 9.47 Å². The van der Waals surface area contributed by atoms with Gasteiger partial charge in [0.2, 0.25) is 11.2 Å². The summed E-state index contributed by atoms with van der Waals surface area (Å²) < 4.78 is 2.85. The first kappa shape index (κ1) is 14.6. The molecule has 0 spiro atoms. The highest BCUT2D eigenvalue weighted by Crippen LogP contribution is 2.22. The van der Waals surface area contributed by atoms with Crippen LogP contribution in [0.3, 0.4) is 0 Å². The Labute approximate surface area is 136 Å². The number of rotatable bonds is 2. The molecule has 0 atom stereocenters. The minimum Gasteiger partial charge on any atom is -0.336 e.